The van der Waals surface area contributed by atoms with Crippen LogP contribution in [0.4, 0.5) is 0 Å². The molecule has 0 bridgehead atoms. The highest BCUT2D eigenvalue weighted by molar-refractivity contribution is 5.88. The van der Waals surface area contributed by atoms with E-state index in [2.05, 4.69) is 17.4 Å². The van der Waals surface area contributed by atoms with E-state index in [1.54, 1.807) is 7.11 Å². The highest BCUT2D eigenvalue weighted by Crippen LogP contribution is 2.40. The number of aliphatic hydroxyl groups excluding tert-OH is 1. The zero-order valence-electron chi connectivity index (χ0n) is 15.3. The number of methoxy groups -OCH3 is 1. The summed E-state index contributed by atoms with van der Waals surface area (Å²) in [7, 11) is 1.67. The molecule has 0 aromatic heterocycles. The predicted octanol–water partition coefficient (Wildman–Crippen LogP) is 3.56. The zero-order valence-corrected chi connectivity index (χ0v) is 15.3. The number of rotatable bonds is 5. The second-order valence-electron chi connectivity index (χ2n) is 7.74. The highest BCUT2D eigenvalue weighted by atomic mass is 16.5. The lowest BCUT2D eigenvalue weighted by atomic mass is 9.68. The van der Waals surface area contributed by atoms with E-state index in [0.29, 0.717) is 5.92 Å². The molecule has 0 radical (unpaired) electrons. The Balaban J connectivity index is 1.74. The molecule has 1 aromatic rings. The molecule has 4 nitrogen and oxygen atoms in total. The fourth-order valence-electron chi connectivity index (χ4n) is 4.53. The Morgan fingerprint density at radius 3 is 2.32 bits per heavy atom. The molecule has 0 saturated heterocycles. The number of carbonyl (C=O) groups excluding carboxylic acids is 1. The third kappa shape index (κ3) is 4.00. The molecular weight excluding hydrogens is 314 g/mol. The molecule has 0 heterocycles. The molecule has 1 amide bonds. The van der Waals surface area contributed by atoms with Gasteiger partial charge >= 0.3 is 0 Å². The second-order valence-corrected chi connectivity index (χ2v) is 7.74. The Labute approximate surface area is 151 Å². The predicted molar refractivity (Wildman–Crippen MR) is 98.7 cm³/mol. The summed E-state index contributed by atoms with van der Waals surface area (Å²) in [6, 6.07) is 8.31. The van der Waals surface area contributed by atoms with Crippen LogP contribution in [0.25, 0.3) is 0 Å². The smallest absolute Gasteiger partial charge is 0.230 e. The van der Waals surface area contributed by atoms with Gasteiger partial charge < -0.3 is 15.2 Å². The maximum atomic E-state index is 13.3. The van der Waals surface area contributed by atoms with Crippen LogP contribution in [0.2, 0.25) is 0 Å². The number of nitrogens with one attached hydrogen (secondary N) is 1. The molecule has 1 aromatic carbocycles. The average molecular weight is 345 g/mol. The molecule has 2 aliphatic carbocycles. The Bertz CT molecular complexity index is 555. The van der Waals surface area contributed by atoms with Crippen molar-refractivity contribution in [2.24, 2.45) is 5.92 Å². The van der Waals surface area contributed by atoms with Gasteiger partial charge in [0.05, 0.1) is 12.5 Å². The van der Waals surface area contributed by atoms with Gasteiger partial charge in [0.1, 0.15) is 5.75 Å². The number of benzene rings is 1. The summed E-state index contributed by atoms with van der Waals surface area (Å²) in [5.74, 6) is 1.45. The molecular formula is C21H31NO3. The van der Waals surface area contributed by atoms with E-state index in [-0.39, 0.29) is 18.6 Å². The van der Waals surface area contributed by atoms with E-state index in [1.807, 2.05) is 12.1 Å². The normalized spacial score (nSPS) is 26.0. The minimum absolute atomic E-state index is 0.199. The molecule has 2 saturated carbocycles. The van der Waals surface area contributed by atoms with E-state index in [9.17, 15) is 9.90 Å². The molecule has 25 heavy (non-hydrogen) atoms. The molecule has 3 rings (SSSR count). The van der Waals surface area contributed by atoms with Crippen molar-refractivity contribution >= 4 is 5.91 Å². The van der Waals surface area contributed by atoms with Crippen molar-refractivity contribution in [3.8, 4) is 5.75 Å². The van der Waals surface area contributed by atoms with Gasteiger partial charge in [-0.2, -0.15) is 0 Å². The van der Waals surface area contributed by atoms with Crippen molar-refractivity contribution < 1.29 is 14.6 Å². The molecule has 138 valence electrons. The van der Waals surface area contributed by atoms with E-state index in [0.717, 1.165) is 62.7 Å². The van der Waals surface area contributed by atoms with Crippen LogP contribution in [0.3, 0.4) is 0 Å². The van der Waals surface area contributed by atoms with Crippen LogP contribution in [-0.4, -0.2) is 30.8 Å². The van der Waals surface area contributed by atoms with Gasteiger partial charge in [-0.25, -0.2) is 0 Å². The summed E-state index contributed by atoms with van der Waals surface area (Å²) >= 11 is 0. The minimum Gasteiger partial charge on any atom is -0.497 e. The van der Waals surface area contributed by atoms with Gasteiger partial charge in [0.15, 0.2) is 0 Å². The summed E-state index contributed by atoms with van der Waals surface area (Å²) in [5.41, 5.74) is 0.729. The molecule has 0 atom stereocenters. The fraction of sp³-hybridized carbons (Fsp3) is 0.667. The maximum Gasteiger partial charge on any atom is 0.230 e. The summed E-state index contributed by atoms with van der Waals surface area (Å²) < 4.78 is 5.27. The summed E-state index contributed by atoms with van der Waals surface area (Å²) in [4.78, 5) is 13.3. The number of amides is 1. The van der Waals surface area contributed by atoms with Crippen molar-refractivity contribution in [2.75, 3.05) is 13.7 Å². The Hall–Kier alpha value is -1.55. The monoisotopic (exact) mass is 345 g/mol. The van der Waals surface area contributed by atoms with Crippen LogP contribution < -0.4 is 10.1 Å². The number of hydrogen-bond acceptors (Lipinski definition) is 3. The quantitative estimate of drug-likeness (QED) is 0.858. The summed E-state index contributed by atoms with van der Waals surface area (Å²) in [6.07, 6.45) is 9.27. The van der Waals surface area contributed by atoms with Gasteiger partial charge in [0, 0.05) is 12.6 Å². The van der Waals surface area contributed by atoms with E-state index in [1.165, 1.54) is 6.42 Å². The number of ether oxygens (including phenoxy) is 1. The van der Waals surface area contributed by atoms with Crippen LogP contribution in [0, 0.1) is 5.92 Å². The van der Waals surface area contributed by atoms with Gasteiger partial charge in [0.2, 0.25) is 5.91 Å². The minimum atomic E-state index is -0.391. The SMILES string of the molecule is COc1ccc(C2(C(=O)NC3CCC(CO)CC3)CCCCC2)cc1. The topological polar surface area (TPSA) is 58.6 Å². The Morgan fingerprint density at radius 2 is 1.76 bits per heavy atom. The van der Waals surface area contributed by atoms with Crippen molar-refractivity contribution in [2.45, 2.75) is 69.2 Å². The molecule has 0 unspecified atom stereocenters. The lowest BCUT2D eigenvalue weighted by molar-refractivity contribution is -0.129. The van der Waals surface area contributed by atoms with Crippen LogP contribution in [0.1, 0.15) is 63.4 Å². The summed E-state index contributed by atoms with van der Waals surface area (Å²) in [5, 5.41) is 12.6. The van der Waals surface area contributed by atoms with Crippen molar-refractivity contribution in [3.05, 3.63) is 29.8 Å². The highest BCUT2D eigenvalue weighted by Gasteiger charge is 2.42. The standard InChI is InChI=1S/C21H31NO3/c1-25-19-11-7-17(8-12-19)21(13-3-2-4-14-21)20(24)22-18-9-5-16(15-23)6-10-18/h7-8,11-12,16,18,23H,2-6,9-10,13-15H2,1H3,(H,22,24). The molecule has 0 aliphatic heterocycles. The lowest BCUT2D eigenvalue weighted by Gasteiger charge is -2.38. The average Bonchev–Trinajstić information content (AvgIpc) is 2.69. The van der Waals surface area contributed by atoms with Crippen molar-refractivity contribution in [3.63, 3.8) is 0 Å². The largest absolute Gasteiger partial charge is 0.497 e. The van der Waals surface area contributed by atoms with Crippen LogP contribution in [0.5, 0.6) is 5.75 Å². The summed E-state index contributed by atoms with van der Waals surface area (Å²) in [6.45, 7) is 0.274. The van der Waals surface area contributed by atoms with Gasteiger partial charge in [-0.3, -0.25) is 4.79 Å². The maximum absolute atomic E-state index is 13.3. The molecule has 2 N–H and O–H groups in total. The van der Waals surface area contributed by atoms with E-state index < -0.39 is 5.41 Å². The van der Waals surface area contributed by atoms with Crippen LogP contribution in [0.15, 0.2) is 24.3 Å². The zero-order chi connectivity index (χ0) is 17.7. The van der Waals surface area contributed by atoms with Gasteiger partial charge in [-0.15, -0.1) is 0 Å². The number of carbonyl (C=O) groups is 1. The first-order chi connectivity index (χ1) is 12.2. The van der Waals surface area contributed by atoms with Gasteiger partial charge in [0.25, 0.3) is 0 Å². The second kappa shape index (κ2) is 8.22. The van der Waals surface area contributed by atoms with Crippen molar-refractivity contribution in [1.82, 2.24) is 5.32 Å². The Kier molecular flexibility index (Phi) is 6.00. The lowest BCUT2D eigenvalue weighted by Crippen LogP contribution is -2.50. The Morgan fingerprint density at radius 1 is 1.12 bits per heavy atom. The van der Waals surface area contributed by atoms with Crippen LogP contribution in [-0.2, 0) is 10.2 Å². The molecule has 2 aliphatic rings. The number of aliphatic hydroxyl groups is 1. The van der Waals surface area contributed by atoms with E-state index >= 15 is 0 Å². The fourth-order valence-corrected chi connectivity index (χ4v) is 4.53. The first kappa shape index (κ1) is 18.2. The number of hydrogen-bond donors (Lipinski definition) is 2. The van der Waals surface area contributed by atoms with Crippen molar-refractivity contribution in [1.29, 1.82) is 0 Å². The molecule has 0 spiro atoms. The molecule has 2 fully saturated rings. The van der Waals surface area contributed by atoms with E-state index in [4.69, 9.17) is 4.74 Å². The van der Waals surface area contributed by atoms with Crippen LogP contribution >= 0.6 is 0 Å². The third-order valence-electron chi connectivity index (χ3n) is 6.22. The molecule has 4 heteroatoms. The van der Waals surface area contributed by atoms with Gasteiger partial charge in [-0.1, -0.05) is 31.4 Å². The first-order valence-corrected chi connectivity index (χ1v) is 9.74. The van der Waals surface area contributed by atoms with Gasteiger partial charge in [-0.05, 0) is 62.1 Å². The third-order valence-corrected chi connectivity index (χ3v) is 6.22. The first-order valence-electron chi connectivity index (χ1n) is 9.74.